The van der Waals surface area contributed by atoms with E-state index in [2.05, 4.69) is 5.32 Å². The minimum atomic E-state index is -1.28. The van der Waals surface area contributed by atoms with E-state index < -0.39 is 47.3 Å². The van der Waals surface area contributed by atoms with Gasteiger partial charge in [0.05, 0.1) is 17.0 Å². The van der Waals surface area contributed by atoms with E-state index in [1.54, 1.807) is 6.92 Å². The zero-order chi connectivity index (χ0) is 21.7. The van der Waals surface area contributed by atoms with Gasteiger partial charge in [-0.1, -0.05) is 13.8 Å². The van der Waals surface area contributed by atoms with Crippen LogP contribution in [0.25, 0.3) is 0 Å². The third kappa shape index (κ3) is 3.72. The van der Waals surface area contributed by atoms with Gasteiger partial charge in [-0.05, 0) is 50.2 Å². The van der Waals surface area contributed by atoms with Gasteiger partial charge in [-0.3, -0.25) is 19.3 Å². The molecule has 158 valence electrons. The van der Waals surface area contributed by atoms with Gasteiger partial charge in [0.25, 0.3) is 0 Å². The van der Waals surface area contributed by atoms with E-state index in [0.29, 0.717) is 5.56 Å². The second-order valence-corrected chi connectivity index (χ2v) is 8.68. The number of hydrogen-bond donors (Lipinski definition) is 2. The molecule has 0 spiro atoms. The van der Waals surface area contributed by atoms with E-state index in [4.69, 9.17) is 5.11 Å². The van der Waals surface area contributed by atoms with Crippen molar-refractivity contribution in [2.45, 2.75) is 51.9 Å². The Morgan fingerprint density at radius 3 is 2.48 bits per heavy atom. The first-order chi connectivity index (χ1) is 13.5. The quantitative estimate of drug-likeness (QED) is 0.726. The number of nitrogens with zero attached hydrogens (tertiary/aromatic N) is 1. The van der Waals surface area contributed by atoms with Crippen molar-refractivity contribution < 1.29 is 28.3 Å². The molecule has 1 aromatic rings. The largest absolute Gasteiger partial charge is 0.481 e. The molecule has 3 rings (SSSR count). The van der Waals surface area contributed by atoms with E-state index in [1.165, 1.54) is 20.8 Å². The first-order valence-electron chi connectivity index (χ1n) is 9.80. The number of nitrogens with one attached hydrogen (secondary N) is 1. The maximum Gasteiger partial charge on any atom is 0.306 e. The summed E-state index contributed by atoms with van der Waals surface area (Å²) < 4.78 is 30.0. The van der Waals surface area contributed by atoms with Gasteiger partial charge in [-0.25, -0.2) is 8.78 Å². The number of carboxylic acids is 1. The number of hydrogen-bond acceptors (Lipinski definition) is 3. The van der Waals surface area contributed by atoms with E-state index in [1.807, 2.05) is 0 Å². The number of aliphatic carboxylic acids is 1. The normalized spacial score (nSPS) is 19.7. The van der Waals surface area contributed by atoms with Crippen molar-refractivity contribution in [1.82, 2.24) is 5.32 Å². The van der Waals surface area contributed by atoms with Gasteiger partial charge in [0.1, 0.15) is 18.2 Å². The standard InChI is InChI=1S/C21H26F2N2O4/c1-10(11(2)19(27)28)8-24-15(26)9-25-18-14(22)7-13(12-5-6-12)17(23)16(18)21(3,4)20(25)29/h7,10-12H,5-6,8-9H2,1-4H3,(H,24,26)(H,27,28). The van der Waals surface area contributed by atoms with Gasteiger partial charge in [0.15, 0.2) is 0 Å². The smallest absolute Gasteiger partial charge is 0.306 e. The molecule has 1 aliphatic heterocycles. The molecule has 0 aromatic heterocycles. The molecule has 1 aliphatic carbocycles. The molecular formula is C21H26F2N2O4. The first kappa shape index (κ1) is 21.2. The number of carbonyl (C=O) groups is 3. The number of benzene rings is 1. The van der Waals surface area contributed by atoms with Gasteiger partial charge < -0.3 is 10.4 Å². The Morgan fingerprint density at radius 1 is 1.31 bits per heavy atom. The fourth-order valence-electron chi connectivity index (χ4n) is 3.75. The molecule has 1 aromatic carbocycles. The van der Waals surface area contributed by atoms with E-state index >= 15 is 4.39 Å². The lowest BCUT2D eigenvalue weighted by atomic mass is 9.84. The summed E-state index contributed by atoms with van der Waals surface area (Å²) in [6, 6.07) is 1.14. The zero-order valence-electron chi connectivity index (χ0n) is 17.0. The fraction of sp³-hybridized carbons (Fsp3) is 0.571. The SMILES string of the molecule is CC(CNC(=O)CN1C(=O)C(C)(C)c2c(F)c(C3CC3)cc(F)c21)C(C)C(=O)O. The van der Waals surface area contributed by atoms with Gasteiger partial charge in [0.2, 0.25) is 11.8 Å². The predicted molar refractivity (Wildman–Crippen MR) is 103 cm³/mol. The molecule has 0 saturated heterocycles. The van der Waals surface area contributed by atoms with Crippen LogP contribution < -0.4 is 10.2 Å². The molecule has 1 heterocycles. The van der Waals surface area contributed by atoms with Crippen LogP contribution in [-0.4, -0.2) is 36.0 Å². The minimum Gasteiger partial charge on any atom is -0.481 e. The molecule has 2 atom stereocenters. The summed E-state index contributed by atoms with van der Waals surface area (Å²) in [5, 5.41) is 11.6. The topological polar surface area (TPSA) is 86.7 Å². The van der Waals surface area contributed by atoms with Crippen LogP contribution >= 0.6 is 0 Å². The van der Waals surface area contributed by atoms with Crippen molar-refractivity contribution in [3.63, 3.8) is 0 Å². The highest BCUT2D eigenvalue weighted by molar-refractivity contribution is 6.10. The Bertz CT molecular complexity index is 880. The number of carbonyl (C=O) groups excluding carboxylic acids is 2. The van der Waals surface area contributed by atoms with Gasteiger partial charge >= 0.3 is 5.97 Å². The van der Waals surface area contributed by atoms with Crippen LogP contribution in [0.15, 0.2) is 6.07 Å². The molecule has 1 saturated carbocycles. The number of rotatable bonds is 7. The van der Waals surface area contributed by atoms with Crippen LogP contribution in [-0.2, 0) is 19.8 Å². The molecule has 0 bridgehead atoms. The molecule has 2 N–H and O–H groups in total. The van der Waals surface area contributed by atoms with Crippen LogP contribution in [0.5, 0.6) is 0 Å². The van der Waals surface area contributed by atoms with Gasteiger partial charge in [-0.2, -0.15) is 0 Å². The molecular weight excluding hydrogens is 382 g/mol. The van der Waals surface area contributed by atoms with Crippen LogP contribution in [0.3, 0.4) is 0 Å². The number of anilines is 1. The van der Waals surface area contributed by atoms with Crippen molar-refractivity contribution in [3.05, 3.63) is 28.8 Å². The fourth-order valence-corrected chi connectivity index (χ4v) is 3.75. The number of carboxylic acid groups (broad SMARTS) is 1. The minimum absolute atomic E-state index is 0.00469. The Hall–Kier alpha value is -2.51. The highest BCUT2D eigenvalue weighted by Gasteiger charge is 2.49. The predicted octanol–water partition coefficient (Wildman–Crippen LogP) is 2.94. The molecule has 6 nitrogen and oxygen atoms in total. The molecule has 8 heteroatoms. The summed E-state index contributed by atoms with van der Waals surface area (Å²) in [5.74, 6) is -4.34. The summed E-state index contributed by atoms with van der Waals surface area (Å²) in [5.41, 5.74) is -1.16. The zero-order valence-corrected chi connectivity index (χ0v) is 17.0. The molecule has 29 heavy (non-hydrogen) atoms. The van der Waals surface area contributed by atoms with Crippen molar-refractivity contribution in [1.29, 1.82) is 0 Å². The highest BCUT2D eigenvalue weighted by Crippen LogP contribution is 2.50. The van der Waals surface area contributed by atoms with Crippen LogP contribution in [0.1, 0.15) is 57.6 Å². The summed E-state index contributed by atoms with van der Waals surface area (Å²) in [4.78, 5) is 37.3. The molecule has 2 amide bonds. The van der Waals surface area contributed by atoms with E-state index in [9.17, 15) is 18.8 Å². The number of halogens is 2. The Kier molecular flexibility index (Phi) is 5.40. The average Bonchev–Trinajstić information content (AvgIpc) is 3.46. The second kappa shape index (κ2) is 7.39. The first-order valence-corrected chi connectivity index (χ1v) is 9.80. The molecule has 0 radical (unpaired) electrons. The van der Waals surface area contributed by atoms with Crippen molar-refractivity contribution in [2.75, 3.05) is 18.0 Å². The summed E-state index contributed by atoms with van der Waals surface area (Å²) >= 11 is 0. The van der Waals surface area contributed by atoms with Crippen molar-refractivity contribution in [2.24, 2.45) is 11.8 Å². The summed E-state index contributed by atoms with van der Waals surface area (Å²) in [7, 11) is 0. The van der Waals surface area contributed by atoms with Crippen LogP contribution in [0.4, 0.5) is 14.5 Å². The molecule has 2 aliphatic rings. The summed E-state index contributed by atoms with van der Waals surface area (Å²) in [6.45, 7) is 5.93. The maximum atomic E-state index is 15.1. The number of amides is 2. The molecule has 1 fully saturated rings. The lowest BCUT2D eigenvalue weighted by Gasteiger charge is -2.21. The Balaban J connectivity index is 1.82. The van der Waals surface area contributed by atoms with Crippen LogP contribution in [0.2, 0.25) is 0 Å². The van der Waals surface area contributed by atoms with Gasteiger partial charge in [-0.15, -0.1) is 0 Å². The monoisotopic (exact) mass is 408 g/mol. The molecule has 2 unspecified atom stereocenters. The van der Waals surface area contributed by atoms with Crippen LogP contribution in [0, 0.1) is 23.5 Å². The average molecular weight is 408 g/mol. The highest BCUT2D eigenvalue weighted by atomic mass is 19.1. The van der Waals surface area contributed by atoms with E-state index in [-0.39, 0.29) is 29.6 Å². The van der Waals surface area contributed by atoms with Gasteiger partial charge in [0, 0.05) is 12.1 Å². The van der Waals surface area contributed by atoms with Crippen molar-refractivity contribution >= 4 is 23.5 Å². The number of fused-ring (bicyclic) bond motifs is 1. The lowest BCUT2D eigenvalue weighted by molar-refractivity contribution is -0.142. The third-order valence-electron chi connectivity index (χ3n) is 6.08. The second-order valence-electron chi connectivity index (χ2n) is 8.68. The Morgan fingerprint density at radius 2 is 1.93 bits per heavy atom. The van der Waals surface area contributed by atoms with Crippen molar-refractivity contribution in [3.8, 4) is 0 Å². The van der Waals surface area contributed by atoms with E-state index in [0.717, 1.165) is 23.8 Å². The lowest BCUT2D eigenvalue weighted by Crippen LogP contribution is -2.44. The third-order valence-corrected chi connectivity index (χ3v) is 6.08. The maximum absolute atomic E-state index is 15.1. The Labute approximate surface area is 168 Å². The summed E-state index contributed by atoms with van der Waals surface area (Å²) in [6.07, 6.45) is 1.59.